The number of nitrogens with zero attached hydrogens (tertiary/aromatic N) is 1. The molecule has 3 rings (SSSR count). The van der Waals surface area contributed by atoms with Crippen molar-refractivity contribution in [1.82, 2.24) is 10.2 Å². The number of carbonyl (C=O) groups is 1. The van der Waals surface area contributed by atoms with E-state index in [1.165, 1.54) is 30.6 Å². The Morgan fingerprint density at radius 2 is 2.28 bits per heavy atom. The smallest absolute Gasteiger partial charge is 0.264 e. The van der Waals surface area contributed by atoms with E-state index in [1.807, 2.05) is 12.1 Å². The predicted molar refractivity (Wildman–Crippen MR) is 74.1 cm³/mol. The zero-order chi connectivity index (χ0) is 12.5. The molecule has 2 heterocycles. The Labute approximate surface area is 112 Å². The van der Waals surface area contributed by atoms with Crippen LogP contribution < -0.4 is 5.32 Å². The summed E-state index contributed by atoms with van der Waals surface area (Å²) in [6, 6.07) is 5.02. The minimum absolute atomic E-state index is 0.240. The van der Waals surface area contributed by atoms with Crippen LogP contribution >= 0.6 is 11.3 Å². The van der Waals surface area contributed by atoms with Crippen molar-refractivity contribution in [2.75, 3.05) is 13.1 Å². The van der Waals surface area contributed by atoms with Gasteiger partial charge in [-0.3, -0.25) is 4.79 Å². The Kier molecular flexibility index (Phi) is 3.39. The topological polar surface area (TPSA) is 32.3 Å². The Bertz CT molecular complexity index is 433. The second-order valence-corrected chi connectivity index (χ2v) is 6.68. The van der Waals surface area contributed by atoms with Crippen molar-refractivity contribution in [1.29, 1.82) is 0 Å². The normalized spacial score (nSPS) is 23.3. The van der Waals surface area contributed by atoms with Gasteiger partial charge < -0.3 is 10.2 Å². The van der Waals surface area contributed by atoms with E-state index < -0.39 is 0 Å². The number of aryl methyl sites for hydroxylation is 1. The van der Waals surface area contributed by atoms with Gasteiger partial charge in [0.15, 0.2) is 0 Å². The monoisotopic (exact) mass is 264 g/mol. The highest BCUT2D eigenvalue weighted by Crippen LogP contribution is 2.30. The Hall–Kier alpha value is -0.870. The van der Waals surface area contributed by atoms with Crippen LogP contribution in [0.2, 0.25) is 0 Å². The second kappa shape index (κ2) is 5.02. The fourth-order valence-electron chi connectivity index (χ4n) is 2.62. The van der Waals surface area contributed by atoms with Crippen molar-refractivity contribution < 1.29 is 4.79 Å². The van der Waals surface area contributed by atoms with E-state index in [0.717, 1.165) is 18.0 Å². The van der Waals surface area contributed by atoms with E-state index in [0.29, 0.717) is 12.1 Å². The molecule has 1 aromatic heterocycles. The van der Waals surface area contributed by atoms with Gasteiger partial charge in [0.05, 0.1) is 4.88 Å². The number of hydrogen-bond donors (Lipinski definition) is 1. The molecule has 1 aliphatic heterocycles. The second-order valence-electron chi connectivity index (χ2n) is 5.39. The molecule has 2 fully saturated rings. The lowest BCUT2D eigenvalue weighted by molar-refractivity contribution is 0.0733. The van der Waals surface area contributed by atoms with E-state index in [4.69, 9.17) is 0 Å². The van der Waals surface area contributed by atoms with Gasteiger partial charge in [0.25, 0.3) is 5.91 Å². The molecule has 3 nitrogen and oxygen atoms in total. The summed E-state index contributed by atoms with van der Waals surface area (Å²) >= 11 is 1.62. The van der Waals surface area contributed by atoms with E-state index in [9.17, 15) is 4.79 Å². The van der Waals surface area contributed by atoms with Crippen molar-refractivity contribution >= 4 is 17.2 Å². The molecule has 98 valence electrons. The molecule has 2 aliphatic rings. The SMILES string of the molecule is Cc1ccc(C(=O)N(CC2CCCN2)C2CC2)s1. The zero-order valence-corrected chi connectivity index (χ0v) is 11.6. The highest BCUT2D eigenvalue weighted by Gasteiger charge is 2.35. The standard InChI is InChI=1S/C14H20N2OS/c1-10-4-7-13(18-10)14(17)16(12-5-6-12)9-11-3-2-8-15-11/h4,7,11-12,15H,2-3,5-6,8-9H2,1H3. The van der Waals surface area contributed by atoms with E-state index >= 15 is 0 Å². The van der Waals surface area contributed by atoms with Gasteiger partial charge in [0.2, 0.25) is 0 Å². The van der Waals surface area contributed by atoms with Gasteiger partial charge in [-0.2, -0.15) is 0 Å². The molecule has 1 N–H and O–H groups in total. The summed E-state index contributed by atoms with van der Waals surface area (Å²) in [5.74, 6) is 0.240. The van der Waals surface area contributed by atoms with Gasteiger partial charge in [0, 0.05) is 23.5 Å². The summed E-state index contributed by atoms with van der Waals surface area (Å²) in [4.78, 5) is 16.8. The quantitative estimate of drug-likeness (QED) is 0.906. The Balaban J connectivity index is 1.70. The van der Waals surface area contributed by atoms with E-state index in [2.05, 4.69) is 17.1 Å². The van der Waals surface area contributed by atoms with Gasteiger partial charge in [0.1, 0.15) is 0 Å². The van der Waals surface area contributed by atoms with Crippen LogP contribution in [0.15, 0.2) is 12.1 Å². The summed E-state index contributed by atoms with van der Waals surface area (Å²) in [6.45, 7) is 4.05. The molecular weight excluding hydrogens is 244 g/mol. The number of hydrogen-bond acceptors (Lipinski definition) is 3. The molecule has 1 saturated carbocycles. The number of nitrogens with one attached hydrogen (secondary N) is 1. The van der Waals surface area contributed by atoms with Gasteiger partial charge in [-0.05, 0) is 51.3 Å². The van der Waals surface area contributed by atoms with Crippen LogP contribution in [0.4, 0.5) is 0 Å². The highest BCUT2D eigenvalue weighted by atomic mass is 32.1. The summed E-state index contributed by atoms with van der Waals surface area (Å²) in [7, 11) is 0. The van der Waals surface area contributed by atoms with Crippen LogP contribution in [0.5, 0.6) is 0 Å². The third-order valence-corrected chi connectivity index (χ3v) is 4.77. The van der Waals surface area contributed by atoms with Crippen molar-refractivity contribution in [3.05, 3.63) is 21.9 Å². The summed E-state index contributed by atoms with van der Waals surface area (Å²) in [5.41, 5.74) is 0. The molecule has 1 aromatic rings. The average Bonchev–Trinajstić information content (AvgIpc) is 2.88. The molecule has 0 bridgehead atoms. The van der Waals surface area contributed by atoms with Gasteiger partial charge >= 0.3 is 0 Å². The lowest BCUT2D eigenvalue weighted by atomic mass is 10.2. The first-order chi connectivity index (χ1) is 8.74. The zero-order valence-electron chi connectivity index (χ0n) is 10.8. The van der Waals surface area contributed by atoms with E-state index in [1.54, 1.807) is 11.3 Å². The predicted octanol–water partition coefficient (Wildman–Crippen LogP) is 2.41. The lowest BCUT2D eigenvalue weighted by Crippen LogP contribution is -2.42. The third-order valence-electron chi connectivity index (χ3n) is 3.78. The molecule has 0 radical (unpaired) electrons. The van der Waals surface area contributed by atoms with Crippen LogP contribution in [0.3, 0.4) is 0 Å². The minimum Gasteiger partial charge on any atom is -0.333 e. The Morgan fingerprint density at radius 1 is 1.44 bits per heavy atom. The highest BCUT2D eigenvalue weighted by molar-refractivity contribution is 7.13. The van der Waals surface area contributed by atoms with Crippen molar-refractivity contribution in [3.8, 4) is 0 Å². The largest absolute Gasteiger partial charge is 0.333 e. The van der Waals surface area contributed by atoms with Crippen molar-refractivity contribution in [2.24, 2.45) is 0 Å². The van der Waals surface area contributed by atoms with Gasteiger partial charge in [-0.25, -0.2) is 0 Å². The fraction of sp³-hybridized carbons (Fsp3) is 0.643. The average molecular weight is 264 g/mol. The van der Waals surface area contributed by atoms with Crippen LogP contribution in [-0.4, -0.2) is 36.0 Å². The maximum Gasteiger partial charge on any atom is 0.264 e. The molecule has 0 spiro atoms. The molecule has 1 saturated heterocycles. The minimum atomic E-state index is 0.240. The molecule has 1 unspecified atom stereocenters. The summed E-state index contributed by atoms with van der Waals surface area (Å²) in [5, 5.41) is 3.49. The number of rotatable bonds is 4. The first-order valence-electron chi connectivity index (χ1n) is 6.85. The van der Waals surface area contributed by atoms with Crippen LogP contribution in [0, 0.1) is 6.92 Å². The first kappa shape index (κ1) is 12.2. The van der Waals surface area contributed by atoms with Crippen molar-refractivity contribution in [2.45, 2.75) is 44.7 Å². The molecule has 1 amide bonds. The maximum atomic E-state index is 12.5. The van der Waals surface area contributed by atoms with Gasteiger partial charge in [-0.15, -0.1) is 11.3 Å². The number of carbonyl (C=O) groups excluding carboxylic acids is 1. The van der Waals surface area contributed by atoms with E-state index in [-0.39, 0.29) is 5.91 Å². The van der Waals surface area contributed by atoms with Gasteiger partial charge in [-0.1, -0.05) is 0 Å². The van der Waals surface area contributed by atoms with Crippen LogP contribution in [-0.2, 0) is 0 Å². The molecule has 18 heavy (non-hydrogen) atoms. The molecular formula is C14H20N2OS. The first-order valence-corrected chi connectivity index (χ1v) is 7.66. The van der Waals surface area contributed by atoms with Crippen molar-refractivity contribution in [3.63, 3.8) is 0 Å². The summed E-state index contributed by atoms with van der Waals surface area (Å²) in [6.07, 6.45) is 4.82. The third kappa shape index (κ3) is 2.59. The maximum absolute atomic E-state index is 12.5. The Morgan fingerprint density at radius 3 is 2.83 bits per heavy atom. The summed E-state index contributed by atoms with van der Waals surface area (Å²) < 4.78 is 0. The molecule has 1 aliphatic carbocycles. The lowest BCUT2D eigenvalue weighted by Gasteiger charge is -2.25. The molecule has 4 heteroatoms. The fourth-order valence-corrected chi connectivity index (χ4v) is 3.45. The number of thiophene rings is 1. The molecule has 0 aromatic carbocycles. The van der Waals surface area contributed by atoms with Crippen LogP contribution in [0.25, 0.3) is 0 Å². The van der Waals surface area contributed by atoms with Crippen LogP contribution in [0.1, 0.15) is 40.2 Å². The molecule has 1 atom stereocenters. The number of amides is 1.